The number of carbonyl (C=O) groups excluding carboxylic acids is 1. The van der Waals surface area contributed by atoms with Gasteiger partial charge < -0.3 is 0 Å². The minimum Gasteiger partial charge on any atom is -0.289 e. The van der Waals surface area contributed by atoms with Crippen molar-refractivity contribution in [3.63, 3.8) is 0 Å². The van der Waals surface area contributed by atoms with Crippen LogP contribution in [0.25, 0.3) is 6.08 Å². The van der Waals surface area contributed by atoms with E-state index in [1.807, 2.05) is 95.3 Å². The normalized spacial score (nSPS) is 9.19. The summed E-state index contributed by atoms with van der Waals surface area (Å²) in [4.78, 5) is 12.0. The predicted molar refractivity (Wildman–Crippen MR) is 93.7 cm³/mol. The second-order valence-corrected chi connectivity index (χ2v) is 3.92. The Labute approximate surface area is 129 Å². The lowest BCUT2D eigenvalue weighted by molar-refractivity contribution is 0.104. The third-order valence-corrected chi connectivity index (χ3v) is 2.64. The van der Waals surface area contributed by atoms with Crippen molar-refractivity contribution in [2.24, 2.45) is 0 Å². The Bertz CT molecular complexity index is 539. The van der Waals surface area contributed by atoms with E-state index in [9.17, 15) is 4.79 Å². The first-order valence-electron chi connectivity index (χ1n) is 7.60. The van der Waals surface area contributed by atoms with Crippen LogP contribution in [0.5, 0.6) is 0 Å². The minimum absolute atomic E-state index is 0.0481. The summed E-state index contributed by atoms with van der Waals surface area (Å²) in [7, 11) is 0. The van der Waals surface area contributed by atoms with Gasteiger partial charge in [0.1, 0.15) is 0 Å². The van der Waals surface area contributed by atoms with E-state index in [1.54, 1.807) is 6.08 Å². The molecule has 0 unspecified atom stereocenters. The number of aryl methyl sites for hydroxylation is 1. The Morgan fingerprint density at radius 2 is 1.33 bits per heavy atom. The van der Waals surface area contributed by atoms with Gasteiger partial charge in [0.25, 0.3) is 0 Å². The monoisotopic (exact) mass is 282 g/mol. The van der Waals surface area contributed by atoms with Crippen LogP contribution in [0.4, 0.5) is 0 Å². The van der Waals surface area contributed by atoms with Gasteiger partial charge in [-0.1, -0.05) is 88.4 Å². The fraction of sp³-hybridized carbons (Fsp3) is 0.250. The molecule has 0 aliphatic rings. The zero-order valence-corrected chi connectivity index (χ0v) is 13.8. The molecule has 0 N–H and O–H groups in total. The third-order valence-electron chi connectivity index (χ3n) is 2.64. The van der Waals surface area contributed by atoms with E-state index in [0.717, 1.165) is 16.7 Å². The van der Waals surface area contributed by atoms with Crippen molar-refractivity contribution < 1.29 is 4.79 Å². The van der Waals surface area contributed by atoms with E-state index < -0.39 is 0 Å². The van der Waals surface area contributed by atoms with Crippen molar-refractivity contribution in [1.82, 2.24) is 0 Å². The van der Waals surface area contributed by atoms with Gasteiger partial charge in [-0.15, -0.1) is 0 Å². The number of allylic oxidation sites excluding steroid dienone is 1. The molecule has 112 valence electrons. The van der Waals surface area contributed by atoms with Crippen molar-refractivity contribution in [3.8, 4) is 0 Å². The smallest absolute Gasteiger partial charge is 0.186 e. The topological polar surface area (TPSA) is 17.1 Å². The summed E-state index contributed by atoms with van der Waals surface area (Å²) in [5.41, 5.74) is 2.81. The second-order valence-electron chi connectivity index (χ2n) is 3.92. The van der Waals surface area contributed by atoms with Crippen LogP contribution in [-0.2, 0) is 0 Å². The van der Waals surface area contributed by atoms with Gasteiger partial charge >= 0.3 is 0 Å². The number of hydrogen-bond donors (Lipinski definition) is 0. The average Bonchev–Trinajstić information content (AvgIpc) is 2.58. The van der Waals surface area contributed by atoms with Crippen LogP contribution in [0, 0.1) is 6.92 Å². The molecule has 21 heavy (non-hydrogen) atoms. The van der Waals surface area contributed by atoms with Crippen LogP contribution in [-0.4, -0.2) is 5.78 Å². The van der Waals surface area contributed by atoms with Crippen molar-refractivity contribution in [2.75, 3.05) is 0 Å². The highest BCUT2D eigenvalue weighted by molar-refractivity contribution is 6.07. The van der Waals surface area contributed by atoms with Crippen molar-refractivity contribution in [3.05, 3.63) is 77.4 Å². The first-order valence-corrected chi connectivity index (χ1v) is 7.60. The van der Waals surface area contributed by atoms with E-state index in [0.29, 0.717) is 0 Å². The molecular weight excluding hydrogens is 256 g/mol. The first-order chi connectivity index (χ1) is 10.3. The molecule has 0 aromatic heterocycles. The highest BCUT2D eigenvalue weighted by atomic mass is 16.1. The van der Waals surface area contributed by atoms with Crippen LogP contribution in [0.2, 0.25) is 0 Å². The molecule has 1 heteroatoms. The van der Waals surface area contributed by atoms with E-state index in [-0.39, 0.29) is 5.78 Å². The zero-order chi connectivity index (χ0) is 16.1. The molecule has 0 atom stereocenters. The molecule has 0 amide bonds. The van der Waals surface area contributed by atoms with Crippen LogP contribution in [0.1, 0.15) is 49.2 Å². The fourth-order valence-corrected chi connectivity index (χ4v) is 1.68. The summed E-state index contributed by atoms with van der Waals surface area (Å²) in [5, 5.41) is 0. The van der Waals surface area contributed by atoms with Crippen molar-refractivity contribution >= 4 is 11.9 Å². The summed E-state index contributed by atoms with van der Waals surface area (Å²) in [6.45, 7) is 9.95. The lowest BCUT2D eigenvalue weighted by Gasteiger charge is -2.00. The molecular formula is C20H26O. The highest BCUT2D eigenvalue weighted by Crippen LogP contribution is 2.10. The summed E-state index contributed by atoms with van der Waals surface area (Å²) in [5.74, 6) is 0.0481. The largest absolute Gasteiger partial charge is 0.289 e. The Morgan fingerprint density at radius 1 is 0.810 bits per heavy atom. The molecule has 0 aliphatic heterocycles. The van der Waals surface area contributed by atoms with Crippen LogP contribution in [0.3, 0.4) is 0 Å². The number of carbonyl (C=O) groups is 1. The van der Waals surface area contributed by atoms with Crippen LogP contribution in [0.15, 0.2) is 60.7 Å². The summed E-state index contributed by atoms with van der Waals surface area (Å²) < 4.78 is 0. The number of hydrogen-bond acceptors (Lipinski definition) is 1. The second kappa shape index (κ2) is 11.7. The molecule has 2 rings (SSSR count). The lowest BCUT2D eigenvalue weighted by atomic mass is 10.0. The lowest BCUT2D eigenvalue weighted by Crippen LogP contribution is -1.96. The van der Waals surface area contributed by atoms with Crippen LogP contribution < -0.4 is 0 Å². The molecule has 0 fully saturated rings. The molecule has 0 saturated heterocycles. The van der Waals surface area contributed by atoms with E-state index in [4.69, 9.17) is 0 Å². The Hall–Kier alpha value is -2.15. The molecule has 0 spiro atoms. The quantitative estimate of drug-likeness (QED) is 0.502. The standard InChI is InChI=1S/C16H14O.2C2H6/c1-13-7-5-6-10-15(13)16(17)12-11-14-8-3-2-4-9-14;2*1-2/h2-12H,1H3;2*1-2H3/b12-11+;;. The SMILES string of the molecule is CC.CC.Cc1ccccc1C(=O)/C=C/c1ccccc1. The molecule has 0 heterocycles. The third kappa shape index (κ3) is 6.71. The maximum absolute atomic E-state index is 12.0. The minimum atomic E-state index is 0.0481. The first kappa shape index (κ1) is 18.9. The molecule has 0 bridgehead atoms. The fourth-order valence-electron chi connectivity index (χ4n) is 1.68. The van der Waals surface area contributed by atoms with E-state index in [1.165, 1.54) is 0 Å². The maximum atomic E-state index is 12.0. The maximum Gasteiger partial charge on any atom is 0.186 e. The highest BCUT2D eigenvalue weighted by Gasteiger charge is 2.03. The van der Waals surface area contributed by atoms with E-state index in [2.05, 4.69) is 0 Å². The Kier molecular flexibility index (Phi) is 10.5. The molecule has 1 nitrogen and oxygen atoms in total. The number of ketones is 1. The van der Waals surface area contributed by atoms with Gasteiger partial charge in [0.05, 0.1) is 0 Å². The van der Waals surface area contributed by atoms with Crippen molar-refractivity contribution in [2.45, 2.75) is 34.6 Å². The Balaban J connectivity index is 0.000000921. The van der Waals surface area contributed by atoms with E-state index >= 15 is 0 Å². The zero-order valence-electron chi connectivity index (χ0n) is 13.8. The van der Waals surface area contributed by atoms with Gasteiger partial charge in [0.2, 0.25) is 0 Å². The molecule has 0 aliphatic carbocycles. The summed E-state index contributed by atoms with van der Waals surface area (Å²) in [6, 6.07) is 17.4. The van der Waals surface area contributed by atoms with Gasteiger partial charge in [-0.25, -0.2) is 0 Å². The van der Waals surface area contributed by atoms with Crippen molar-refractivity contribution in [1.29, 1.82) is 0 Å². The summed E-state index contributed by atoms with van der Waals surface area (Å²) in [6.07, 6.45) is 3.46. The number of benzene rings is 2. The van der Waals surface area contributed by atoms with Gasteiger partial charge in [0.15, 0.2) is 5.78 Å². The Morgan fingerprint density at radius 3 is 1.90 bits per heavy atom. The molecule has 2 aromatic carbocycles. The van der Waals surface area contributed by atoms with Crippen LogP contribution >= 0.6 is 0 Å². The van der Waals surface area contributed by atoms with Gasteiger partial charge in [-0.3, -0.25) is 4.79 Å². The molecule has 0 saturated carbocycles. The summed E-state index contributed by atoms with van der Waals surface area (Å²) >= 11 is 0. The average molecular weight is 282 g/mol. The molecule has 0 radical (unpaired) electrons. The number of rotatable bonds is 3. The molecule has 2 aromatic rings. The van der Waals surface area contributed by atoms with Gasteiger partial charge in [-0.05, 0) is 24.1 Å². The van der Waals surface area contributed by atoms with Gasteiger partial charge in [0, 0.05) is 5.56 Å². The predicted octanol–water partition coefficient (Wildman–Crippen LogP) is 5.94. The van der Waals surface area contributed by atoms with Gasteiger partial charge in [-0.2, -0.15) is 0 Å².